The molecule has 47 heavy (non-hydrogen) atoms. The number of aromatic nitrogens is 1. The lowest BCUT2D eigenvalue weighted by atomic mass is 9.68. The summed E-state index contributed by atoms with van der Waals surface area (Å²) in [5, 5.41) is 12.6. The second kappa shape index (κ2) is 13.2. The number of aryl methyl sites for hydroxylation is 1. The highest BCUT2D eigenvalue weighted by molar-refractivity contribution is 7.90. The summed E-state index contributed by atoms with van der Waals surface area (Å²) >= 11 is 7.60. The molecule has 1 amide bonds. The SMILES string of the molecule is CO[C@H]1/C=C\CC[C@@H]([C@H](O)c2nccs2)S(=O)(=O)NC(=O)c2ccc3c(c2)N(C[C@@H]2CC[C@H]21)C[C@@]1(CCCc2cc(Cl)ccc21)CO3. The van der Waals surface area contributed by atoms with E-state index in [-0.39, 0.29) is 34.4 Å². The zero-order chi connectivity index (χ0) is 32.8. The number of nitrogens with one attached hydrogen (secondary N) is 1. The second-order valence-electron chi connectivity index (χ2n) is 13.3. The number of sulfonamides is 1. The molecule has 1 spiro atoms. The standard InChI is InChI=1S/C35H40ClN3O6S2/c1-44-29-6-2-3-7-31(32(40)34-37-15-16-46-34)47(42,43)38-33(41)23-9-13-30-28(18-23)39(19-24-8-11-26(24)29)20-35(21-45-30)14-4-5-22-17-25(36)10-12-27(22)35/h2,6,9-10,12-13,15-18,24,26,29,31-32,40H,3-5,7-8,11,14,19-21H2,1H3,(H,38,41)/b6-2-/t24-,26+,29-,31-,32-,35-/m0/s1. The van der Waals surface area contributed by atoms with E-state index in [4.69, 9.17) is 21.1 Å². The van der Waals surface area contributed by atoms with Gasteiger partial charge in [-0.15, -0.1) is 11.3 Å². The number of rotatable bonds is 3. The van der Waals surface area contributed by atoms with Crippen LogP contribution in [0.3, 0.4) is 0 Å². The molecule has 2 N–H and O–H groups in total. The molecule has 2 bridgehead atoms. The van der Waals surface area contributed by atoms with Gasteiger partial charge in [-0.2, -0.15) is 0 Å². The second-order valence-corrected chi connectivity index (χ2v) is 16.6. The van der Waals surface area contributed by atoms with Gasteiger partial charge in [-0.05, 0) is 98.2 Å². The van der Waals surface area contributed by atoms with E-state index < -0.39 is 27.3 Å². The summed E-state index contributed by atoms with van der Waals surface area (Å²) < 4.78 is 42.3. The van der Waals surface area contributed by atoms with Crippen molar-refractivity contribution in [2.24, 2.45) is 11.8 Å². The summed E-state index contributed by atoms with van der Waals surface area (Å²) in [4.78, 5) is 20.2. The minimum Gasteiger partial charge on any atom is -0.490 e. The number of allylic oxidation sites excluding steroid dienone is 1. The van der Waals surface area contributed by atoms with Crippen LogP contribution in [0.15, 0.2) is 60.1 Å². The number of nitrogens with zero attached hydrogens (tertiary/aromatic N) is 2. The number of halogens is 1. The topological polar surface area (TPSA) is 118 Å². The smallest absolute Gasteiger partial charge is 0.264 e. The molecule has 12 heteroatoms. The number of hydrogen-bond acceptors (Lipinski definition) is 9. The maximum Gasteiger partial charge on any atom is 0.264 e. The van der Waals surface area contributed by atoms with Crippen molar-refractivity contribution in [3.63, 3.8) is 0 Å². The van der Waals surface area contributed by atoms with Gasteiger partial charge in [0, 0.05) is 47.8 Å². The van der Waals surface area contributed by atoms with Crippen molar-refractivity contribution in [3.8, 4) is 5.75 Å². The predicted octanol–water partition coefficient (Wildman–Crippen LogP) is 5.82. The van der Waals surface area contributed by atoms with Gasteiger partial charge in [-0.3, -0.25) is 4.79 Å². The molecule has 0 unspecified atom stereocenters. The molecule has 1 saturated carbocycles. The van der Waals surface area contributed by atoms with Crippen LogP contribution in [0.2, 0.25) is 5.02 Å². The van der Waals surface area contributed by atoms with E-state index >= 15 is 0 Å². The highest BCUT2D eigenvalue weighted by Crippen LogP contribution is 2.47. The van der Waals surface area contributed by atoms with Crippen LogP contribution in [0.1, 0.15) is 71.1 Å². The Bertz CT molecular complexity index is 1770. The van der Waals surface area contributed by atoms with Gasteiger partial charge < -0.3 is 19.5 Å². The predicted molar refractivity (Wildman–Crippen MR) is 183 cm³/mol. The van der Waals surface area contributed by atoms with Crippen molar-refractivity contribution in [1.29, 1.82) is 0 Å². The van der Waals surface area contributed by atoms with Gasteiger partial charge in [0.2, 0.25) is 10.0 Å². The number of aliphatic hydroxyl groups excluding tert-OH is 1. The highest BCUT2D eigenvalue weighted by atomic mass is 35.5. The third-order valence-corrected chi connectivity index (χ3v) is 13.4. The summed E-state index contributed by atoms with van der Waals surface area (Å²) in [5.41, 5.74) is 3.21. The van der Waals surface area contributed by atoms with Crippen LogP contribution >= 0.6 is 22.9 Å². The van der Waals surface area contributed by atoms with Crippen molar-refractivity contribution in [3.05, 3.63) is 86.8 Å². The van der Waals surface area contributed by atoms with Crippen LogP contribution < -0.4 is 14.4 Å². The lowest BCUT2D eigenvalue weighted by Crippen LogP contribution is -2.49. The Morgan fingerprint density at radius 1 is 1.21 bits per heavy atom. The molecule has 1 aromatic heterocycles. The Labute approximate surface area is 285 Å². The van der Waals surface area contributed by atoms with Crippen LogP contribution in [0.5, 0.6) is 5.75 Å². The fourth-order valence-corrected chi connectivity index (χ4v) is 10.4. The molecule has 2 aliphatic carbocycles. The molecule has 2 aromatic carbocycles. The van der Waals surface area contributed by atoms with Gasteiger partial charge in [0.05, 0.1) is 18.4 Å². The fourth-order valence-electron chi connectivity index (χ4n) is 7.97. The summed E-state index contributed by atoms with van der Waals surface area (Å²) in [6.07, 6.45) is 9.49. The van der Waals surface area contributed by atoms with Crippen LogP contribution in [0.4, 0.5) is 5.69 Å². The first-order valence-corrected chi connectivity index (χ1v) is 19.1. The summed E-state index contributed by atoms with van der Waals surface area (Å²) in [6, 6.07) is 11.3. The van der Waals surface area contributed by atoms with Crippen molar-refractivity contribution < 1.29 is 27.8 Å². The number of anilines is 1. The van der Waals surface area contributed by atoms with E-state index in [0.29, 0.717) is 31.2 Å². The van der Waals surface area contributed by atoms with Gasteiger partial charge in [0.25, 0.3) is 5.91 Å². The molecule has 0 saturated heterocycles. The van der Waals surface area contributed by atoms with Crippen molar-refractivity contribution in [2.45, 2.75) is 67.8 Å². The van der Waals surface area contributed by atoms with E-state index in [0.717, 1.165) is 49.4 Å². The van der Waals surface area contributed by atoms with E-state index in [9.17, 15) is 18.3 Å². The zero-order valence-electron chi connectivity index (χ0n) is 26.3. The number of benzene rings is 2. The summed E-state index contributed by atoms with van der Waals surface area (Å²) in [7, 11) is -2.59. The molecule has 6 atom stereocenters. The Morgan fingerprint density at radius 3 is 2.85 bits per heavy atom. The molecule has 0 radical (unpaired) electrons. The molecule has 4 aliphatic rings. The first-order chi connectivity index (χ1) is 22.7. The third kappa shape index (κ3) is 6.33. The lowest BCUT2D eigenvalue weighted by molar-refractivity contribution is 0.0131. The molecule has 9 nitrogen and oxygen atoms in total. The number of methoxy groups -OCH3 is 1. The molecule has 1 fully saturated rings. The van der Waals surface area contributed by atoms with E-state index in [1.165, 1.54) is 28.7 Å². The van der Waals surface area contributed by atoms with E-state index in [1.54, 1.807) is 30.7 Å². The molecule has 2 aliphatic heterocycles. The van der Waals surface area contributed by atoms with Crippen molar-refractivity contribution >= 4 is 44.6 Å². The molecular weight excluding hydrogens is 658 g/mol. The van der Waals surface area contributed by atoms with E-state index in [2.05, 4.69) is 26.7 Å². The number of amides is 1. The Hall–Kier alpha value is -2.96. The minimum absolute atomic E-state index is 0.102. The van der Waals surface area contributed by atoms with Gasteiger partial charge in [0.15, 0.2) is 0 Å². The van der Waals surface area contributed by atoms with Gasteiger partial charge in [-0.25, -0.2) is 18.1 Å². The van der Waals surface area contributed by atoms with Gasteiger partial charge in [-0.1, -0.05) is 29.8 Å². The van der Waals surface area contributed by atoms with Crippen LogP contribution in [0.25, 0.3) is 0 Å². The first kappa shape index (κ1) is 32.6. The highest BCUT2D eigenvalue weighted by Gasteiger charge is 2.45. The number of carbonyl (C=O) groups excluding carboxylic acids is 1. The number of aliphatic hydroxyl groups is 1. The largest absolute Gasteiger partial charge is 0.490 e. The summed E-state index contributed by atoms with van der Waals surface area (Å²) in [6.45, 7) is 1.93. The van der Waals surface area contributed by atoms with Gasteiger partial charge >= 0.3 is 0 Å². The van der Waals surface area contributed by atoms with Crippen LogP contribution in [-0.4, -0.2) is 62.6 Å². The average Bonchev–Trinajstić information content (AvgIpc) is 3.54. The van der Waals surface area contributed by atoms with E-state index in [1.807, 2.05) is 18.2 Å². The fraction of sp³-hybridized carbons (Fsp3) is 0.486. The number of thiazole rings is 1. The molecule has 7 rings (SSSR count). The van der Waals surface area contributed by atoms with Gasteiger partial charge in [0.1, 0.15) is 22.1 Å². The number of carbonyl (C=O) groups is 1. The van der Waals surface area contributed by atoms with Crippen LogP contribution in [0, 0.1) is 11.8 Å². The minimum atomic E-state index is -4.31. The number of fused-ring (bicyclic) bond motifs is 4. The lowest BCUT2D eigenvalue weighted by Gasteiger charge is -2.46. The normalized spacial score (nSPS) is 30.1. The Morgan fingerprint density at radius 2 is 2.09 bits per heavy atom. The maximum absolute atomic E-state index is 13.7. The molecule has 3 heterocycles. The first-order valence-electron chi connectivity index (χ1n) is 16.3. The monoisotopic (exact) mass is 697 g/mol. The maximum atomic E-state index is 13.7. The summed E-state index contributed by atoms with van der Waals surface area (Å²) in [5.74, 6) is 0.562. The van der Waals surface area contributed by atoms with Crippen molar-refractivity contribution in [2.75, 3.05) is 31.7 Å². The Balaban J connectivity index is 1.29. The van der Waals surface area contributed by atoms with Crippen LogP contribution in [-0.2, 0) is 26.6 Å². The average molecular weight is 698 g/mol. The zero-order valence-corrected chi connectivity index (χ0v) is 28.7. The number of hydrogen-bond donors (Lipinski definition) is 2. The molecule has 3 aromatic rings. The molecule has 250 valence electrons. The van der Waals surface area contributed by atoms with Crippen molar-refractivity contribution in [1.82, 2.24) is 9.71 Å². The Kier molecular flexibility index (Phi) is 9.12. The third-order valence-electron chi connectivity index (χ3n) is 10.6. The quantitative estimate of drug-likeness (QED) is 0.329. The molecular formula is C35H40ClN3O6S2. The number of ether oxygens (including phenoxy) is 2.